The van der Waals surface area contributed by atoms with Crippen LogP contribution in [0.4, 0.5) is 11.4 Å². The van der Waals surface area contributed by atoms with Crippen LogP contribution < -0.4 is 10.2 Å². The van der Waals surface area contributed by atoms with Crippen LogP contribution in [0.15, 0.2) is 122 Å². The Morgan fingerprint density at radius 1 is 0.630 bits per heavy atom. The molecule has 29 nitrogen and oxygen atoms in total. The van der Waals surface area contributed by atoms with Crippen molar-refractivity contribution in [2.45, 2.75) is 89.2 Å². The van der Waals surface area contributed by atoms with Gasteiger partial charge in [0.05, 0.1) is 33.1 Å². The number of rotatable bonds is 27. The summed E-state index contributed by atoms with van der Waals surface area (Å²) in [6.07, 6.45) is 5.04. The summed E-state index contributed by atoms with van der Waals surface area (Å²) in [6, 6.07) is 14.4. The number of imide groups is 1. The van der Waals surface area contributed by atoms with Gasteiger partial charge in [0.25, 0.3) is 78.4 Å². The molecule has 0 spiro atoms. The summed E-state index contributed by atoms with van der Waals surface area (Å²) in [6.45, 7) is 2.53. The zero-order valence-corrected chi connectivity index (χ0v) is 54.3. The number of hydrogen-bond donors (Lipinski definition) is 7. The molecule has 3 heterocycles. The highest BCUT2D eigenvalue weighted by atomic mass is 32.2. The summed E-state index contributed by atoms with van der Waals surface area (Å²) < 4.78 is 226. The van der Waals surface area contributed by atoms with Gasteiger partial charge in [0.15, 0.2) is 5.71 Å². The van der Waals surface area contributed by atoms with Gasteiger partial charge in [-0.15, -0.1) is 5.06 Å². The maximum Gasteiger partial charge on any atom is 0.334 e. The number of ether oxygens (including phenoxy) is 2. The number of nitrogens with one attached hydrogen (secondary N) is 1. The number of allylic oxidation sites excluding steroid dienone is 6. The first kappa shape index (κ1) is 70.6. The summed E-state index contributed by atoms with van der Waals surface area (Å²) in [4.78, 5) is 53.0. The van der Waals surface area contributed by atoms with Crippen LogP contribution in [-0.2, 0) is 100 Å². The van der Waals surface area contributed by atoms with Crippen molar-refractivity contribution in [1.82, 2.24) is 10.4 Å². The molecule has 5 aromatic carbocycles. The van der Waals surface area contributed by atoms with Crippen molar-refractivity contribution in [2.24, 2.45) is 0 Å². The van der Waals surface area contributed by atoms with E-state index in [2.05, 4.69) is 5.32 Å². The fourth-order valence-corrected chi connectivity index (χ4v) is 15.4. The topological polar surface area (TPSA) is 444 Å². The van der Waals surface area contributed by atoms with Crippen molar-refractivity contribution >= 4 is 129 Å². The Bertz CT molecular complexity index is 4720. The largest absolute Gasteiger partial charge is 0.385 e. The Balaban J connectivity index is 1.37. The van der Waals surface area contributed by atoms with Crippen molar-refractivity contribution in [3.05, 3.63) is 125 Å². The quantitative estimate of drug-likeness (QED) is 0.0157. The number of hydrogen-bond acceptors (Lipinski definition) is 20. The third kappa shape index (κ3) is 15.4. The lowest BCUT2D eigenvalue weighted by Crippen LogP contribution is -2.33. The van der Waals surface area contributed by atoms with Gasteiger partial charge in [-0.05, 0) is 121 Å². The molecule has 3 amide bonds. The van der Waals surface area contributed by atoms with Gasteiger partial charge in [0.2, 0.25) is 5.69 Å². The lowest BCUT2D eigenvalue weighted by molar-refractivity contribution is -0.437. The first-order chi connectivity index (χ1) is 42.7. The van der Waals surface area contributed by atoms with Crippen molar-refractivity contribution in [3.8, 4) is 0 Å². The van der Waals surface area contributed by atoms with Gasteiger partial charge in [-0.1, -0.05) is 24.3 Å². The second-order valence-corrected chi connectivity index (χ2v) is 30.9. The minimum absolute atomic E-state index is 0.00170. The summed E-state index contributed by atoms with van der Waals surface area (Å²) in [5.41, 5.74) is -0.746. The molecule has 1 fully saturated rings. The molecule has 35 heteroatoms. The van der Waals surface area contributed by atoms with Crippen LogP contribution in [0.1, 0.15) is 85.8 Å². The molecule has 3 aliphatic heterocycles. The number of methoxy groups -OCH3 is 2. The zero-order chi connectivity index (χ0) is 67.9. The molecule has 8 rings (SSSR count). The van der Waals surface area contributed by atoms with Gasteiger partial charge in [-0.2, -0.15) is 55.1 Å². The normalized spacial score (nSPS) is 18.9. The minimum Gasteiger partial charge on any atom is -0.385 e. The lowest BCUT2D eigenvalue weighted by Gasteiger charge is -2.30. The predicted molar refractivity (Wildman–Crippen MR) is 330 cm³/mol. The van der Waals surface area contributed by atoms with Gasteiger partial charge >= 0.3 is 5.97 Å². The monoisotopic (exact) mass is 1400 g/mol. The molecule has 2 unspecified atom stereocenters. The van der Waals surface area contributed by atoms with E-state index in [4.69, 9.17) is 14.3 Å². The van der Waals surface area contributed by atoms with Crippen molar-refractivity contribution in [1.29, 1.82) is 0 Å². The zero-order valence-electron chi connectivity index (χ0n) is 49.4. The summed E-state index contributed by atoms with van der Waals surface area (Å²) in [5, 5.41) is 2.34. The average Bonchev–Trinajstić information content (AvgIpc) is 1.64. The molecular formula is C57H63N4O25S6+. The van der Waals surface area contributed by atoms with Gasteiger partial charge in [0.1, 0.15) is 16.3 Å². The number of anilines is 1. The summed E-state index contributed by atoms with van der Waals surface area (Å²) in [5.74, 6) is -4.64. The molecule has 0 radical (unpaired) electrons. The molecular weight excluding hydrogens is 1330 g/mol. The highest BCUT2D eigenvalue weighted by Gasteiger charge is 2.50. The van der Waals surface area contributed by atoms with Crippen LogP contribution in [0.3, 0.4) is 0 Å². The van der Waals surface area contributed by atoms with E-state index in [0.29, 0.717) is 34.2 Å². The maximum atomic E-state index is 13.6. The number of carbonyl (C=O) groups is 4. The van der Waals surface area contributed by atoms with Gasteiger partial charge < -0.3 is 24.5 Å². The van der Waals surface area contributed by atoms with Crippen LogP contribution in [0, 0.1) is 0 Å². The molecule has 0 saturated carbocycles. The van der Waals surface area contributed by atoms with Gasteiger partial charge in [-0.3, -0.25) is 41.7 Å². The smallest absolute Gasteiger partial charge is 0.334 e. The molecule has 496 valence electrons. The van der Waals surface area contributed by atoms with Crippen molar-refractivity contribution in [3.63, 3.8) is 0 Å². The predicted octanol–water partition coefficient (Wildman–Crippen LogP) is 4.99. The Morgan fingerprint density at radius 2 is 1.14 bits per heavy atom. The SMILES string of the molecule is COCCC1(C)C(/C=C/C(=C/C=C2/N(CCCS(=O)(=O)O)c3ccc4c(S(=O)(=O)O)cc(S(=O)(=O)O)cc4c3C2(C)CCOC)c2ccc(C(=O)NCCC(=O)ON3C(=O)CCC3=O)cc2)=[N+](CCCS(=O)(=O)O)c2ccc3c(S(=O)(=O)O)cc(S(=O)(=O)O)cc3c21. The Kier molecular flexibility index (Phi) is 20.5. The number of carbonyl (C=O) groups excluding carboxylic acids is 4. The summed E-state index contributed by atoms with van der Waals surface area (Å²) >= 11 is 0. The van der Waals surface area contributed by atoms with E-state index in [1.165, 1.54) is 62.8 Å². The fourth-order valence-electron chi connectivity index (χ4n) is 11.7. The second kappa shape index (κ2) is 26.6. The highest BCUT2D eigenvalue weighted by molar-refractivity contribution is 7.87. The molecule has 0 bridgehead atoms. The van der Waals surface area contributed by atoms with Crippen molar-refractivity contribution in [2.75, 3.05) is 63.5 Å². The fraction of sp³-hybridized carbons (Fsp3) is 0.351. The van der Waals surface area contributed by atoms with E-state index in [9.17, 15) is 97.0 Å². The number of hydroxylamine groups is 2. The maximum absolute atomic E-state index is 13.6. The highest BCUT2D eigenvalue weighted by Crippen LogP contribution is 2.54. The van der Waals surface area contributed by atoms with Crippen LogP contribution in [0.5, 0.6) is 0 Å². The van der Waals surface area contributed by atoms with E-state index in [0.717, 1.165) is 12.1 Å². The molecule has 2 atom stereocenters. The molecule has 5 aromatic rings. The first-order valence-corrected chi connectivity index (χ1v) is 36.7. The second-order valence-electron chi connectivity index (χ2n) is 22.1. The van der Waals surface area contributed by atoms with Gasteiger partial charge in [-0.25, -0.2) is 4.79 Å². The Hall–Kier alpha value is -7.23. The van der Waals surface area contributed by atoms with E-state index in [-0.39, 0.29) is 127 Å². The van der Waals surface area contributed by atoms with Crippen LogP contribution in [0.2, 0.25) is 0 Å². The third-order valence-corrected chi connectivity index (χ3v) is 21.0. The van der Waals surface area contributed by atoms with E-state index in [1.807, 2.05) is 0 Å². The molecule has 0 aromatic heterocycles. The number of benzene rings is 5. The van der Waals surface area contributed by atoms with Crippen LogP contribution >= 0.6 is 0 Å². The third-order valence-electron chi connectivity index (χ3n) is 16.0. The van der Waals surface area contributed by atoms with Crippen LogP contribution in [0.25, 0.3) is 27.1 Å². The lowest BCUT2D eigenvalue weighted by atomic mass is 9.74. The number of nitrogens with zero attached hydrogens (tertiary/aromatic N) is 3. The van der Waals surface area contributed by atoms with E-state index < -0.39 is 133 Å². The average molecular weight is 1400 g/mol. The van der Waals surface area contributed by atoms with Crippen molar-refractivity contribution < 1.29 is 116 Å². The summed E-state index contributed by atoms with van der Waals surface area (Å²) in [7, 11) is -27.3. The molecule has 0 aliphatic carbocycles. The van der Waals surface area contributed by atoms with Gasteiger partial charge in [0, 0.05) is 111 Å². The molecule has 92 heavy (non-hydrogen) atoms. The minimum atomic E-state index is -5.23. The Morgan fingerprint density at radius 3 is 1.66 bits per heavy atom. The standard InChI is InChI=1S/C57H62N4O25S6/c1-56(22-27-84-3)48(59(25-5-29-87(66,67)68)44-15-13-40-42(53(44)56)31-38(89(72,73)74)33-46(40)91(78,79)80)17-11-36(35-7-9-37(10-8-35)55(65)58-24-21-52(64)86-61-50(62)19-20-51(61)63)12-18-49-57(2,23-28-85-4)54-43-32-39(90(75,76)77)34-47(92(81,82)83)41(43)14-16-45(54)60(49)26-6-30-88(69,70)71/h7-18,31-34H,5-6,19-30H2,1-4H3,(H6-,58,65,66,67,68,69,70,71,72,73,74,75,76,77,78,79,80,81,82,83)/p+1. The Labute approximate surface area is 529 Å². The molecule has 7 N–H and O–H groups in total. The van der Waals surface area contributed by atoms with E-state index >= 15 is 0 Å². The number of amides is 3. The van der Waals surface area contributed by atoms with Crippen LogP contribution in [-0.4, -0.2) is 175 Å². The molecule has 3 aliphatic rings. The first-order valence-electron chi connectivity index (χ1n) is 27.7. The van der Waals surface area contributed by atoms with E-state index in [1.54, 1.807) is 47.6 Å². The number of fused-ring (bicyclic) bond motifs is 6. The molecule has 1 saturated heterocycles.